The minimum atomic E-state index is -0.826. The Bertz CT molecular complexity index is 1320. The highest BCUT2D eigenvalue weighted by molar-refractivity contribution is 6.39. The van der Waals surface area contributed by atoms with Crippen LogP contribution in [0.2, 0.25) is 5.02 Å². The first-order valence-electron chi connectivity index (χ1n) is 11.1. The van der Waals surface area contributed by atoms with E-state index >= 15 is 0 Å². The number of hydrogen-bond acceptors (Lipinski definition) is 6. The van der Waals surface area contributed by atoms with Crippen LogP contribution in [0.3, 0.4) is 0 Å². The summed E-state index contributed by atoms with van der Waals surface area (Å²) in [6.07, 6.45) is 1.41. The van der Waals surface area contributed by atoms with E-state index in [1.165, 1.54) is 13.2 Å². The molecule has 1 aliphatic rings. The minimum absolute atomic E-state index is 0.192. The zero-order chi connectivity index (χ0) is 25.7. The van der Waals surface area contributed by atoms with Gasteiger partial charge in [-0.05, 0) is 72.7 Å². The number of imide groups is 2. The van der Waals surface area contributed by atoms with Gasteiger partial charge in [0, 0.05) is 5.02 Å². The minimum Gasteiger partial charge on any atom is -0.497 e. The van der Waals surface area contributed by atoms with E-state index in [4.69, 9.17) is 25.8 Å². The number of methoxy groups -OCH3 is 1. The van der Waals surface area contributed by atoms with Crippen LogP contribution < -0.4 is 24.4 Å². The number of nitrogens with zero attached hydrogens (tertiary/aromatic N) is 1. The number of barbiturate groups is 1. The van der Waals surface area contributed by atoms with Crippen LogP contribution in [0.15, 0.2) is 72.3 Å². The Morgan fingerprint density at radius 1 is 0.917 bits per heavy atom. The third kappa shape index (κ3) is 5.50. The van der Waals surface area contributed by atoms with Crippen molar-refractivity contribution in [2.24, 2.45) is 0 Å². The lowest BCUT2D eigenvalue weighted by atomic mass is 10.1. The Labute approximate surface area is 213 Å². The van der Waals surface area contributed by atoms with Gasteiger partial charge in [0.25, 0.3) is 11.8 Å². The summed E-state index contributed by atoms with van der Waals surface area (Å²) < 4.78 is 16.8. The van der Waals surface area contributed by atoms with Crippen molar-refractivity contribution < 1.29 is 28.6 Å². The summed E-state index contributed by atoms with van der Waals surface area (Å²) in [5, 5.41) is 2.85. The molecule has 4 rings (SSSR count). The normalized spacial score (nSPS) is 14.6. The maximum Gasteiger partial charge on any atom is 0.335 e. The lowest BCUT2D eigenvalue weighted by molar-refractivity contribution is -0.122. The van der Waals surface area contributed by atoms with Crippen molar-refractivity contribution >= 4 is 41.2 Å². The molecule has 1 saturated heterocycles. The van der Waals surface area contributed by atoms with E-state index in [9.17, 15) is 14.4 Å². The summed E-state index contributed by atoms with van der Waals surface area (Å²) in [6, 6.07) is 17.9. The number of benzene rings is 3. The fourth-order valence-electron chi connectivity index (χ4n) is 3.53. The van der Waals surface area contributed by atoms with Gasteiger partial charge in [-0.2, -0.15) is 0 Å². The third-order valence-corrected chi connectivity index (χ3v) is 5.57. The highest BCUT2D eigenvalue weighted by Crippen LogP contribution is 2.31. The van der Waals surface area contributed by atoms with Crippen LogP contribution in [0, 0.1) is 0 Å². The Balaban J connectivity index is 1.59. The summed E-state index contributed by atoms with van der Waals surface area (Å²) in [5.41, 5.74) is 1.57. The van der Waals surface area contributed by atoms with Gasteiger partial charge < -0.3 is 14.2 Å². The predicted octanol–water partition coefficient (Wildman–Crippen LogP) is 4.99. The van der Waals surface area contributed by atoms with Crippen molar-refractivity contribution in [2.45, 2.75) is 13.5 Å². The molecule has 0 bridgehead atoms. The molecule has 4 amide bonds. The molecular formula is C27H23ClN2O6. The topological polar surface area (TPSA) is 94.2 Å². The smallest absolute Gasteiger partial charge is 0.335 e. The molecule has 0 atom stereocenters. The van der Waals surface area contributed by atoms with Crippen LogP contribution in [-0.4, -0.2) is 31.6 Å². The first-order chi connectivity index (χ1) is 17.4. The van der Waals surface area contributed by atoms with Gasteiger partial charge in [0.1, 0.15) is 17.9 Å². The van der Waals surface area contributed by atoms with E-state index in [-0.39, 0.29) is 5.57 Å². The van der Waals surface area contributed by atoms with Crippen molar-refractivity contribution in [2.75, 3.05) is 18.6 Å². The Hall–Kier alpha value is -4.30. The van der Waals surface area contributed by atoms with E-state index in [1.54, 1.807) is 54.6 Å². The predicted molar refractivity (Wildman–Crippen MR) is 135 cm³/mol. The van der Waals surface area contributed by atoms with Crippen molar-refractivity contribution in [3.8, 4) is 17.2 Å². The van der Waals surface area contributed by atoms with Crippen LogP contribution in [0.1, 0.15) is 18.1 Å². The second-order valence-electron chi connectivity index (χ2n) is 7.71. The number of urea groups is 1. The van der Waals surface area contributed by atoms with E-state index in [1.807, 2.05) is 19.1 Å². The van der Waals surface area contributed by atoms with Gasteiger partial charge in [0.2, 0.25) is 0 Å². The summed E-state index contributed by atoms with van der Waals surface area (Å²) >= 11 is 5.93. The molecule has 184 valence electrons. The van der Waals surface area contributed by atoms with E-state index in [0.717, 1.165) is 10.5 Å². The lowest BCUT2D eigenvalue weighted by Gasteiger charge is -2.26. The highest BCUT2D eigenvalue weighted by atomic mass is 35.5. The summed E-state index contributed by atoms with van der Waals surface area (Å²) in [7, 11) is 1.51. The van der Waals surface area contributed by atoms with Crippen LogP contribution in [-0.2, 0) is 16.2 Å². The third-order valence-electron chi connectivity index (χ3n) is 5.32. The molecule has 1 heterocycles. The number of carbonyl (C=O) groups is 3. The maximum absolute atomic E-state index is 13.1. The average Bonchev–Trinajstić information content (AvgIpc) is 2.87. The zero-order valence-corrected chi connectivity index (χ0v) is 20.4. The van der Waals surface area contributed by atoms with Gasteiger partial charge in [-0.1, -0.05) is 29.8 Å². The molecule has 8 nitrogen and oxygen atoms in total. The number of rotatable bonds is 8. The van der Waals surface area contributed by atoms with Crippen LogP contribution >= 0.6 is 11.6 Å². The molecule has 9 heteroatoms. The van der Waals surface area contributed by atoms with Crippen molar-refractivity contribution in [3.05, 3.63) is 88.5 Å². The zero-order valence-electron chi connectivity index (χ0n) is 19.6. The highest BCUT2D eigenvalue weighted by Gasteiger charge is 2.36. The number of ether oxygens (including phenoxy) is 3. The van der Waals surface area contributed by atoms with Gasteiger partial charge in [-0.15, -0.1) is 0 Å². The molecule has 1 fully saturated rings. The summed E-state index contributed by atoms with van der Waals surface area (Å²) in [4.78, 5) is 39.0. The van der Waals surface area contributed by atoms with Gasteiger partial charge in [0.05, 0.1) is 19.4 Å². The SMILES string of the molecule is CCOc1cc(/C=C2\C(=O)NC(=O)N(c3ccc(OC)cc3)C2=O)ccc1OCc1ccc(Cl)cc1. The number of halogens is 1. The first-order valence-corrected chi connectivity index (χ1v) is 11.5. The molecule has 0 aromatic heterocycles. The largest absolute Gasteiger partial charge is 0.497 e. The number of carbonyl (C=O) groups excluding carboxylic acids is 3. The van der Waals surface area contributed by atoms with E-state index in [0.29, 0.717) is 46.7 Å². The van der Waals surface area contributed by atoms with Crippen LogP contribution in [0.25, 0.3) is 6.08 Å². The Kier molecular flexibility index (Phi) is 7.56. The van der Waals surface area contributed by atoms with Crippen LogP contribution in [0.4, 0.5) is 10.5 Å². The van der Waals surface area contributed by atoms with E-state index < -0.39 is 17.8 Å². The fraction of sp³-hybridized carbons (Fsp3) is 0.148. The molecule has 0 aliphatic carbocycles. The maximum atomic E-state index is 13.1. The molecule has 1 aliphatic heterocycles. The van der Waals surface area contributed by atoms with Gasteiger partial charge in [0.15, 0.2) is 11.5 Å². The standard InChI is InChI=1S/C27H23ClN2O6/c1-3-35-24-15-18(6-13-23(24)36-16-17-4-7-19(28)8-5-17)14-22-25(31)29-27(33)30(26(22)32)20-9-11-21(34-2)12-10-20/h4-15H,3,16H2,1-2H3,(H,29,31,33)/b22-14+. The quantitative estimate of drug-likeness (QED) is 0.341. The second kappa shape index (κ2) is 11.0. The molecule has 36 heavy (non-hydrogen) atoms. The first kappa shape index (κ1) is 24.8. The Morgan fingerprint density at radius 3 is 2.31 bits per heavy atom. The van der Waals surface area contributed by atoms with E-state index in [2.05, 4.69) is 5.32 Å². The molecule has 0 radical (unpaired) electrons. The van der Waals surface area contributed by atoms with Crippen molar-refractivity contribution in [3.63, 3.8) is 0 Å². The number of amides is 4. The molecule has 0 spiro atoms. The Morgan fingerprint density at radius 2 is 1.64 bits per heavy atom. The van der Waals surface area contributed by atoms with Gasteiger partial charge in [-0.3, -0.25) is 14.9 Å². The van der Waals surface area contributed by atoms with Gasteiger partial charge in [-0.25, -0.2) is 9.69 Å². The number of hydrogen-bond donors (Lipinski definition) is 1. The average molecular weight is 507 g/mol. The monoisotopic (exact) mass is 506 g/mol. The summed E-state index contributed by atoms with van der Waals surface area (Å²) in [5.74, 6) is -0.000937. The fourth-order valence-corrected chi connectivity index (χ4v) is 3.66. The summed E-state index contributed by atoms with van der Waals surface area (Å²) in [6.45, 7) is 2.53. The molecule has 0 saturated carbocycles. The van der Waals surface area contributed by atoms with Crippen molar-refractivity contribution in [1.29, 1.82) is 0 Å². The van der Waals surface area contributed by atoms with Crippen molar-refractivity contribution in [1.82, 2.24) is 5.32 Å². The molecule has 1 N–H and O–H groups in total. The number of anilines is 1. The lowest BCUT2D eigenvalue weighted by Crippen LogP contribution is -2.54. The molecule has 3 aromatic rings. The molecular weight excluding hydrogens is 484 g/mol. The van der Waals surface area contributed by atoms with Gasteiger partial charge >= 0.3 is 6.03 Å². The molecule has 0 unspecified atom stereocenters. The number of nitrogens with one attached hydrogen (secondary N) is 1. The second-order valence-corrected chi connectivity index (χ2v) is 8.15. The van der Waals surface area contributed by atoms with Crippen LogP contribution in [0.5, 0.6) is 17.2 Å². The molecule has 3 aromatic carbocycles.